The van der Waals surface area contributed by atoms with Crippen molar-refractivity contribution in [2.24, 2.45) is 0 Å². The second kappa shape index (κ2) is 10.8. The van der Waals surface area contributed by atoms with Crippen LogP contribution in [0.4, 0.5) is 10.5 Å². The number of aliphatic carboxylic acids is 1. The van der Waals surface area contributed by atoms with E-state index in [1.807, 2.05) is 36.4 Å². The van der Waals surface area contributed by atoms with Crippen LogP contribution in [0.1, 0.15) is 22.6 Å². The van der Waals surface area contributed by atoms with Gasteiger partial charge in [-0.05, 0) is 33.9 Å². The average molecular weight is 475 g/mol. The Labute approximate surface area is 202 Å². The SMILES string of the molecule is COC(CNC(=O)OCC1c2ccccc2-c2ccccc21)C(=O)Nc1ccccc1CC(=O)O. The molecule has 0 aromatic heterocycles. The fourth-order valence-corrected chi connectivity index (χ4v) is 4.28. The standard InChI is InChI=1S/C27H26N2O6/c1-34-24(26(32)29-23-13-7-2-8-17(23)14-25(30)31)15-28-27(33)35-16-22-20-11-5-3-9-18(20)19-10-4-6-12-21(19)22/h2-13,22,24H,14-16H2,1H3,(H,28,33)(H,29,32)(H,30,31). The zero-order chi connectivity index (χ0) is 24.8. The highest BCUT2D eigenvalue weighted by Crippen LogP contribution is 2.44. The number of nitrogens with one attached hydrogen (secondary N) is 2. The maximum atomic E-state index is 12.7. The van der Waals surface area contributed by atoms with Crippen molar-refractivity contribution >= 4 is 23.7 Å². The first kappa shape index (κ1) is 24.0. The first-order chi connectivity index (χ1) is 17.0. The predicted molar refractivity (Wildman–Crippen MR) is 130 cm³/mol. The zero-order valence-corrected chi connectivity index (χ0v) is 19.2. The molecule has 1 aliphatic carbocycles. The summed E-state index contributed by atoms with van der Waals surface area (Å²) in [5.41, 5.74) is 5.33. The van der Waals surface area contributed by atoms with E-state index in [-0.39, 0.29) is 25.5 Å². The van der Waals surface area contributed by atoms with Crippen LogP contribution < -0.4 is 10.6 Å². The molecule has 180 valence electrons. The molecule has 8 nitrogen and oxygen atoms in total. The van der Waals surface area contributed by atoms with Gasteiger partial charge in [-0.3, -0.25) is 9.59 Å². The highest BCUT2D eigenvalue weighted by atomic mass is 16.5. The van der Waals surface area contributed by atoms with Gasteiger partial charge >= 0.3 is 12.1 Å². The molecule has 3 aromatic carbocycles. The lowest BCUT2D eigenvalue weighted by Gasteiger charge is -2.18. The molecular formula is C27H26N2O6. The van der Waals surface area contributed by atoms with E-state index in [0.717, 1.165) is 22.3 Å². The van der Waals surface area contributed by atoms with E-state index in [9.17, 15) is 14.4 Å². The van der Waals surface area contributed by atoms with Crippen molar-refractivity contribution in [1.82, 2.24) is 5.32 Å². The molecule has 1 aliphatic rings. The second-order valence-electron chi connectivity index (χ2n) is 8.15. The first-order valence-corrected chi connectivity index (χ1v) is 11.2. The number of para-hydroxylation sites is 1. The van der Waals surface area contributed by atoms with E-state index >= 15 is 0 Å². The number of carboxylic acids is 1. The number of carboxylic acid groups (broad SMARTS) is 1. The Morgan fingerprint density at radius 2 is 1.51 bits per heavy atom. The quantitative estimate of drug-likeness (QED) is 0.435. The zero-order valence-electron chi connectivity index (χ0n) is 19.2. The van der Waals surface area contributed by atoms with Crippen LogP contribution in [0.2, 0.25) is 0 Å². The summed E-state index contributed by atoms with van der Waals surface area (Å²) in [6, 6.07) is 22.7. The number of amides is 2. The lowest BCUT2D eigenvalue weighted by molar-refractivity contribution is -0.136. The van der Waals surface area contributed by atoms with E-state index in [1.165, 1.54) is 7.11 Å². The molecule has 4 rings (SSSR count). The van der Waals surface area contributed by atoms with Crippen LogP contribution >= 0.6 is 0 Å². The van der Waals surface area contributed by atoms with Crippen molar-refractivity contribution in [2.75, 3.05) is 25.6 Å². The second-order valence-corrected chi connectivity index (χ2v) is 8.15. The summed E-state index contributed by atoms with van der Waals surface area (Å²) in [5.74, 6) is -1.59. The van der Waals surface area contributed by atoms with Crippen LogP contribution in [0.3, 0.4) is 0 Å². The fraction of sp³-hybridized carbons (Fsp3) is 0.222. The first-order valence-electron chi connectivity index (χ1n) is 11.2. The third kappa shape index (κ3) is 5.50. The van der Waals surface area contributed by atoms with E-state index in [2.05, 4.69) is 22.8 Å². The number of fused-ring (bicyclic) bond motifs is 3. The van der Waals surface area contributed by atoms with Gasteiger partial charge in [-0.25, -0.2) is 4.79 Å². The number of carbonyl (C=O) groups is 3. The predicted octanol–water partition coefficient (Wildman–Crippen LogP) is 3.81. The lowest BCUT2D eigenvalue weighted by atomic mass is 9.98. The largest absolute Gasteiger partial charge is 0.481 e. The molecule has 0 spiro atoms. The molecule has 35 heavy (non-hydrogen) atoms. The Hall–Kier alpha value is -4.17. The van der Waals surface area contributed by atoms with Crippen molar-refractivity contribution in [2.45, 2.75) is 18.4 Å². The van der Waals surface area contributed by atoms with Crippen LogP contribution in [0.25, 0.3) is 11.1 Å². The van der Waals surface area contributed by atoms with E-state index in [1.54, 1.807) is 24.3 Å². The highest BCUT2D eigenvalue weighted by molar-refractivity contribution is 5.95. The molecule has 0 heterocycles. The third-order valence-corrected chi connectivity index (χ3v) is 5.97. The molecule has 0 radical (unpaired) electrons. The lowest BCUT2D eigenvalue weighted by Crippen LogP contribution is -2.41. The number of alkyl carbamates (subject to hydrolysis) is 1. The molecule has 0 fully saturated rings. The van der Waals surface area contributed by atoms with Gasteiger partial charge in [0.1, 0.15) is 6.61 Å². The van der Waals surface area contributed by atoms with Gasteiger partial charge in [-0.2, -0.15) is 0 Å². The normalized spacial score (nSPS) is 12.8. The summed E-state index contributed by atoms with van der Waals surface area (Å²) in [7, 11) is 1.35. The van der Waals surface area contributed by atoms with E-state index in [0.29, 0.717) is 11.3 Å². The smallest absolute Gasteiger partial charge is 0.407 e. The van der Waals surface area contributed by atoms with E-state index < -0.39 is 24.1 Å². The topological polar surface area (TPSA) is 114 Å². The molecule has 2 amide bonds. The van der Waals surface area contributed by atoms with Crippen LogP contribution in [0.15, 0.2) is 72.8 Å². The fourth-order valence-electron chi connectivity index (χ4n) is 4.28. The average Bonchev–Trinajstić information content (AvgIpc) is 3.18. The Morgan fingerprint density at radius 3 is 2.14 bits per heavy atom. The van der Waals surface area contributed by atoms with Crippen molar-refractivity contribution in [3.05, 3.63) is 89.5 Å². The Bertz CT molecular complexity index is 1200. The monoisotopic (exact) mass is 474 g/mol. The minimum absolute atomic E-state index is 0.0691. The number of anilines is 1. The molecule has 0 saturated heterocycles. The summed E-state index contributed by atoms with van der Waals surface area (Å²) in [6.07, 6.45) is -1.88. The van der Waals surface area contributed by atoms with Gasteiger partial charge in [0.15, 0.2) is 6.10 Å². The van der Waals surface area contributed by atoms with Gasteiger partial charge in [-0.15, -0.1) is 0 Å². The summed E-state index contributed by atoms with van der Waals surface area (Å²) in [5, 5.41) is 14.3. The van der Waals surface area contributed by atoms with Gasteiger partial charge in [0.2, 0.25) is 0 Å². The number of rotatable bonds is 9. The number of carbonyl (C=O) groups excluding carboxylic acids is 2. The minimum Gasteiger partial charge on any atom is -0.481 e. The maximum absolute atomic E-state index is 12.7. The maximum Gasteiger partial charge on any atom is 0.407 e. The number of ether oxygens (including phenoxy) is 2. The van der Waals surface area contributed by atoms with Gasteiger partial charge in [0.05, 0.1) is 13.0 Å². The summed E-state index contributed by atoms with van der Waals surface area (Å²) in [4.78, 5) is 36.1. The van der Waals surface area contributed by atoms with Gasteiger partial charge in [0.25, 0.3) is 5.91 Å². The molecule has 0 aliphatic heterocycles. The molecule has 3 N–H and O–H groups in total. The molecule has 8 heteroatoms. The number of hydrogen-bond donors (Lipinski definition) is 3. The molecule has 3 aromatic rings. The third-order valence-electron chi connectivity index (χ3n) is 5.97. The Balaban J connectivity index is 1.33. The van der Waals surface area contributed by atoms with Crippen molar-refractivity contribution in [3.63, 3.8) is 0 Å². The highest BCUT2D eigenvalue weighted by Gasteiger charge is 2.29. The summed E-state index contributed by atoms with van der Waals surface area (Å²) < 4.78 is 10.7. The minimum atomic E-state index is -1.01. The summed E-state index contributed by atoms with van der Waals surface area (Å²) in [6.45, 7) is 0.0480. The number of hydrogen-bond acceptors (Lipinski definition) is 5. The van der Waals surface area contributed by atoms with Crippen LogP contribution in [0.5, 0.6) is 0 Å². The molecule has 1 atom stereocenters. The molecular weight excluding hydrogens is 448 g/mol. The van der Waals surface area contributed by atoms with Crippen molar-refractivity contribution in [1.29, 1.82) is 0 Å². The van der Waals surface area contributed by atoms with Crippen molar-refractivity contribution in [3.8, 4) is 11.1 Å². The molecule has 1 unspecified atom stereocenters. The number of methoxy groups -OCH3 is 1. The van der Waals surface area contributed by atoms with E-state index in [4.69, 9.17) is 14.6 Å². The summed E-state index contributed by atoms with van der Waals surface area (Å²) >= 11 is 0. The molecule has 0 saturated carbocycles. The van der Waals surface area contributed by atoms with Gasteiger partial charge < -0.3 is 25.2 Å². The van der Waals surface area contributed by atoms with Crippen molar-refractivity contribution < 1.29 is 29.0 Å². The van der Waals surface area contributed by atoms with Crippen LogP contribution in [0, 0.1) is 0 Å². The number of benzene rings is 3. The Morgan fingerprint density at radius 1 is 0.914 bits per heavy atom. The molecule has 0 bridgehead atoms. The van der Waals surface area contributed by atoms with Gasteiger partial charge in [-0.1, -0.05) is 66.7 Å². The Kier molecular flexibility index (Phi) is 7.42. The van der Waals surface area contributed by atoms with Gasteiger partial charge in [0, 0.05) is 18.7 Å². The van der Waals surface area contributed by atoms with Crippen LogP contribution in [-0.4, -0.2) is 49.4 Å². The van der Waals surface area contributed by atoms with Crippen LogP contribution in [-0.2, 0) is 25.5 Å².